The lowest BCUT2D eigenvalue weighted by molar-refractivity contribution is -0.143. The summed E-state index contributed by atoms with van der Waals surface area (Å²) in [4.78, 5) is 27.6. The van der Waals surface area contributed by atoms with Crippen molar-refractivity contribution in [2.75, 3.05) is 13.2 Å². The molecule has 0 aliphatic carbocycles. The van der Waals surface area contributed by atoms with Gasteiger partial charge in [-0.05, 0) is 43.0 Å². The van der Waals surface area contributed by atoms with Crippen LogP contribution in [0.2, 0.25) is 5.02 Å². The Bertz CT molecular complexity index is 841. The Morgan fingerprint density at radius 3 is 2.47 bits per heavy atom. The highest BCUT2D eigenvalue weighted by molar-refractivity contribution is 6.32. The van der Waals surface area contributed by atoms with Crippen LogP contribution in [0.1, 0.15) is 44.2 Å². The highest BCUT2D eigenvalue weighted by Crippen LogP contribution is 2.23. The van der Waals surface area contributed by atoms with Gasteiger partial charge in [-0.3, -0.25) is 9.59 Å². The lowest BCUT2D eigenvalue weighted by Crippen LogP contribution is -2.50. The summed E-state index contributed by atoms with van der Waals surface area (Å²) in [6, 6.07) is 14.3. The van der Waals surface area contributed by atoms with Crippen LogP contribution < -0.4 is 10.1 Å². The number of hydrogen-bond acceptors (Lipinski definition) is 3. The minimum Gasteiger partial charge on any atom is -0.482 e. The number of amides is 2. The van der Waals surface area contributed by atoms with Gasteiger partial charge in [-0.2, -0.15) is 0 Å². The highest BCUT2D eigenvalue weighted by Gasteiger charge is 2.29. The van der Waals surface area contributed by atoms with Gasteiger partial charge in [0.05, 0.1) is 5.02 Å². The molecular formula is C24H31ClN2O3. The summed E-state index contributed by atoms with van der Waals surface area (Å²) in [6.45, 7) is 6.75. The molecule has 2 amide bonds. The number of nitrogens with one attached hydrogen (secondary N) is 1. The van der Waals surface area contributed by atoms with Crippen molar-refractivity contribution in [2.24, 2.45) is 0 Å². The summed E-state index contributed by atoms with van der Waals surface area (Å²) in [6.07, 6.45) is 2.42. The van der Waals surface area contributed by atoms with Gasteiger partial charge in [-0.1, -0.05) is 68.3 Å². The first-order valence-electron chi connectivity index (χ1n) is 10.5. The van der Waals surface area contributed by atoms with Crippen molar-refractivity contribution in [3.05, 3.63) is 64.7 Å². The fourth-order valence-electron chi connectivity index (χ4n) is 3.18. The van der Waals surface area contributed by atoms with Crippen molar-refractivity contribution in [1.29, 1.82) is 0 Å². The Morgan fingerprint density at radius 1 is 1.10 bits per heavy atom. The molecule has 0 heterocycles. The molecule has 0 saturated heterocycles. The van der Waals surface area contributed by atoms with E-state index in [0.717, 1.165) is 24.0 Å². The van der Waals surface area contributed by atoms with E-state index in [-0.39, 0.29) is 18.4 Å². The van der Waals surface area contributed by atoms with Crippen molar-refractivity contribution in [2.45, 2.75) is 52.6 Å². The van der Waals surface area contributed by atoms with Gasteiger partial charge in [0, 0.05) is 13.1 Å². The Kier molecular flexibility index (Phi) is 9.68. The Morgan fingerprint density at radius 2 is 1.80 bits per heavy atom. The number of ether oxygens (including phenoxy) is 1. The molecule has 0 aromatic heterocycles. The number of benzene rings is 2. The standard InChI is InChI=1S/C24H31ClN2O3/c1-4-6-15-26-24(29)21(5-2)27(16-19-12-8-7-11-18(19)3)23(28)17-30-22-14-10-9-13-20(22)25/h7-14,21H,4-6,15-17H2,1-3H3,(H,26,29)/t21-/m1/s1. The minimum absolute atomic E-state index is 0.134. The monoisotopic (exact) mass is 430 g/mol. The maximum absolute atomic E-state index is 13.2. The number of hydrogen-bond donors (Lipinski definition) is 1. The van der Waals surface area contributed by atoms with Crippen LogP contribution in [0.3, 0.4) is 0 Å². The van der Waals surface area contributed by atoms with E-state index in [4.69, 9.17) is 16.3 Å². The number of carbonyl (C=O) groups excluding carboxylic acids is 2. The molecule has 0 fully saturated rings. The lowest BCUT2D eigenvalue weighted by Gasteiger charge is -2.31. The first-order chi connectivity index (χ1) is 14.5. The number of nitrogens with zero attached hydrogens (tertiary/aromatic N) is 1. The quantitative estimate of drug-likeness (QED) is 0.523. The van der Waals surface area contributed by atoms with Crippen LogP contribution in [-0.4, -0.2) is 35.9 Å². The minimum atomic E-state index is -0.566. The van der Waals surface area contributed by atoms with E-state index in [1.165, 1.54) is 0 Å². The normalized spacial score (nSPS) is 11.6. The second-order valence-electron chi connectivity index (χ2n) is 7.24. The maximum atomic E-state index is 13.2. The van der Waals surface area contributed by atoms with E-state index < -0.39 is 6.04 Å². The highest BCUT2D eigenvalue weighted by atomic mass is 35.5. The van der Waals surface area contributed by atoms with Crippen LogP contribution >= 0.6 is 11.6 Å². The van der Waals surface area contributed by atoms with E-state index in [2.05, 4.69) is 12.2 Å². The van der Waals surface area contributed by atoms with Crippen LogP contribution in [0.4, 0.5) is 0 Å². The summed E-state index contributed by atoms with van der Waals surface area (Å²) in [7, 11) is 0. The van der Waals surface area contributed by atoms with Crippen molar-refractivity contribution in [1.82, 2.24) is 10.2 Å². The van der Waals surface area contributed by atoms with Crippen LogP contribution in [0.5, 0.6) is 5.75 Å². The van der Waals surface area contributed by atoms with Gasteiger partial charge in [0.1, 0.15) is 11.8 Å². The van der Waals surface area contributed by atoms with Crippen LogP contribution in [0.15, 0.2) is 48.5 Å². The average molecular weight is 431 g/mol. The van der Waals surface area contributed by atoms with Crippen LogP contribution in [-0.2, 0) is 16.1 Å². The second-order valence-corrected chi connectivity index (χ2v) is 7.64. The van der Waals surface area contributed by atoms with Crippen LogP contribution in [0, 0.1) is 6.92 Å². The van der Waals surface area contributed by atoms with Crippen molar-refractivity contribution in [3.8, 4) is 5.75 Å². The third-order valence-electron chi connectivity index (χ3n) is 5.01. The van der Waals surface area contributed by atoms with Gasteiger partial charge >= 0.3 is 0 Å². The number of para-hydroxylation sites is 1. The fraction of sp³-hybridized carbons (Fsp3) is 0.417. The summed E-state index contributed by atoms with van der Waals surface area (Å²) in [5.41, 5.74) is 2.08. The predicted octanol–water partition coefficient (Wildman–Crippen LogP) is 4.75. The summed E-state index contributed by atoms with van der Waals surface area (Å²) < 4.78 is 5.67. The zero-order valence-corrected chi connectivity index (χ0v) is 18.7. The number of aryl methyl sites for hydroxylation is 1. The van der Waals surface area contributed by atoms with Crippen molar-refractivity contribution < 1.29 is 14.3 Å². The molecule has 0 saturated carbocycles. The topological polar surface area (TPSA) is 58.6 Å². The molecule has 0 bridgehead atoms. The molecule has 0 radical (unpaired) electrons. The first kappa shape index (κ1) is 23.7. The molecule has 1 N–H and O–H groups in total. The van der Waals surface area contributed by atoms with Gasteiger partial charge in [0.15, 0.2) is 6.61 Å². The Labute approximate surface area is 184 Å². The first-order valence-corrected chi connectivity index (χ1v) is 10.8. The van der Waals surface area contributed by atoms with Crippen molar-refractivity contribution in [3.63, 3.8) is 0 Å². The molecular weight excluding hydrogens is 400 g/mol. The Balaban J connectivity index is 2.20. The van der Waals surface area contributed by atoms with E-state index in [9.17, 15) is 9.59 Å². The van der Waals surface area contributed by atoms with E-state index in [1.807, 2.05) is 38.1 Å². The summed E-state index contributed by atoms with van der Waals surface area (Å²) >= 11 is 6.14. The third-order valence-corrected chi connectivity index (χ3v) is 5.32. The maximum Gasteiger partial charge on any atom is 0.261 e. The van der Waals surface area contributed by atoms with Gasteiger partial charge in [-0.15, -0.1) is 0 Å². The number of unbranched alkanes of at least 4 members (excludes halogenated alkanes) is 1. The van der Waals surface area contributed by atoms with E-state index in [1.54, 1.807) is 29.2 Å². The molecule has 2 aromatic carbocycles. The van der Waals surface area contributed by atoms with Crippen molar-refractivity contribution >= 4 is 23.4 Å². The Hall–Kier alpha value is -2.53. The largest absolute Gasteiger partial charge is 0.482 e. The number of halogens is 1. The molecule has 0 aliphatic rings. The summed E-state index contributed by atoms with van der Waals surface area (Å²) in [5, 5.41) is 3.40. The molecule has 6 heteroatoms. The molecule has 5 nitrogen and oxygen atoms in total. The molecule has 2 aromatic rings. The zero-order valence-electron chi connectivity index (χ0n) is 18.0. The molecule has 0 aliphatic heterocycles. The van der Waals surface area contributed by atoms with Gasteiger partial charge in [0.2, 0.25) is 5.91 Å². The predicted molar refractivity (Wildman–Crippen MR) is 121 cm³/mol. The summed E-state index contributed by atoms with van der Waals surface area (Å²) in [5.74, 6) is 0.0603. The third kappa shape index (κ3) is 6.77. The van der Waals surface area contributed by atoms with Gasteiger partial charge in [-0.25, -0.2) is 0 Å². The number of carbonyl (C=O) groups is 2. The average Bonchev–Trinajstić information content (AvgIpc) is 2.74. The van der Waals surface area contributed by atoms with Gasteiger partial charge in [0.25, 0.3) is 5.91 Å². The van der Waals surface area contributed by atoms with Crippen LogP contribution in [0.25, 0.3) is 0 Å². The lowest BCUT2D eigenvalue weighted by atomic mass is 10.1. The van der Waals surface area contributed by atoms with E-state index in [0.29, 0.717) is 30.3 Å². The van der Waals surface area contributed by atoms with Gasteiger partial charge < -0.3 is 15.0 Å². The SMILES string of the molecule is CCCCNC(=O)[C@@H](CC)N(Cc1ccccc1C)C(=O)COc1ccccc1Cl. The number of rotatable bonds is 11. The molecule has 162 valence electrons. The smallest absolute Gasteiger partial charge is 0.261 e. The fourth-order valence-corrected chi connectivity index (χ4v) is 3.37. The second kappa shape index (κ2) is 12.2. The zero-order chi connectivity index (χ0) is 21.9. The molecule has 0 unspecified atom stereocenters. The molecule has 30 heavy (non-hydrogen) atoms. The molecule has 2 rings (SSSR count). The molecule has 0 spiro atoms. The molecule has 1 atom stereocenters. The van der Waals surface area contributed by atoms with E-state index >= 15 is 0 Å².